The zero-order valence-electron chi connectivity index (χ0n) is 15.9. The predicted molar refractivity (Wildman–Crippen MR) is 108 cm³/mol. The number of unbranched alkanes of at least 4 members (excludes halogenated alkanes) is 1. The summed E-state index contributed by atoms with van der Waals surface area (Å²) < 4.78 is 0. The number of aromatic amines is 1. The van der Waals surface area contributed by atoms with Gasteiger partial charge < -0.3 is 9.88 Å². The van der Waals surface area contributed by atoms with Gasteiger partial charge in [0.2, 0.25) is 0 Å². The highest BCUT2D eigenvalue weighted by molar-refractivity contribution is 5.94. The van der Waals surface area contributed by atoms with Gasteiger partial charge in [0, 0.05) is 36.1 Å². The molecule has 0 aliphatic carbocycles. The summed E-state index contributed by atoms with van der Waals surface area (Å²) in [5, 5.41) is 4.63. The van der Waals surface area contributed by atoms with Crippen molar-refractivity contribution >= 4 is 16.9 Å². The van der Waals surface area contributed by atoms with Crippen molar-refractivity contribution in [3.63, 3.8) is 0 Å². The summed E-state index contributed by atoms with van der Waals surface area (Å²) in [4.78, 5) is 26.6. The largest absolute Gasteiger partial charge is 0.341 e. The maximum absolute atomic E-state index is 12.8. The zero-order valence-corrected chi connectivity index (χ0v) is 15.9. The average molecular weight is 373 g/mol. The van der Waals surface area contributed by atoms with Crippen molar-refractivity contribution in [3.8, 4) is 12.3 Å². The Hall–Kier alpha value is -3.17. The lowest BCUT2D eigenvalue weighted by Crippen LogP contribution is -2.54. The Morgan fingerprint density at radius 1 is 1.36 bits per heavy atom. The molecular weight excluding hydrogens is 350 g/mol. The second kappa shape index (κ2) is 7.83. The number of nitrogens with one attached hydrogen (secondary N) is 2. The summed E-state index contributed by atoms with van der Waals surface area (Å²) in [6.45, 7) is 2.98. The Balaban J connectivity index is 1.88. The van der Waals surface area contributed by atoms with E-state index in [4.69, 9.17) is 6.42 Å². The van der Waals surface area contributed by atoms with E-state index in [1.165, 1.54) is 5.56 Å². The van der Waals surface area contributed by atoms with Gasteiger partial charge in [0.25, 0.3) is 5.91 Å². The Labute approximate surface area is 164 Å². The van der Waals surface area contributed by atoms with Gasteiger partial charge in [-0.1, -0.05) is 13.3 Å². The molecule has 6 nitrogen and oxygen atoms in total. The molecule has 0 saturated heterocycles. The van der Waals surface area contributed by atoms with E-state index < -0.39 is 0 Å². The zero-order chi connectivity index (χ0) is 19.5. The molecule has 0 fully saturated rings. The summed E-state index contributed by atoms with van der Waals surface area (Å²) >= 11 is 0. The summed E-state index contributed by atoms with van der Waals surface area (Å²) in [7, 11) is 0. The number of pyridine rings is 2. The summed E-state index contributed by atoms with van der Waals surface area (Å²) in [5.74, 6) is 2.00. The number of carbonyl (C=O) groups excluding carboxylic acids is 1. The van der Waals surface area contributed by atoms with Crippen molar-refractivity contribution < 1.29 is 4.79 Å². The van der Waals surface area contributed by atoms with Crippen molar-refractivity contribution in [1.29, 1.82) is 0 Å². The Morgan fingerprint density at radius 3 is 2.93 bits per heavy atom. The second-order valence-electron chi connectivity index (χ2n) is 6.98. The van der Waals surface area contributed by atoms with Crippen LogP contribution in [0.1, 0.15) is 42.6 Å². The highest BCUT2D eigenvalue weighted by atomic mass is 16.2. The number of H-pyrrole nitrogens is 1. The Morgan fingerprint density at radius 2 is 2.18 bits per heavy atom. The van der Waals surface area contributed by atoms with Gasteiger partial charge >= 0.3 is 0 Å². The molecule has 1 aliphatic rings. The molecule has 4 rings (SSSR count). The van der Waals surface area contributed by atoms with E-state index in [2.05, 4.69) is 39.2 Å². The molecule has 3 aromatic heterocycles. The van der Waals surface area contributed by atoms with Crippen LogP contribution in [0.3, 0.4) is 0 Å². The van der Waals surface area contributed by atoms with Gasteiger partial charge in [0.15, 0.2) is 0 Å². The molecule has 0 bridgehead atoms. The van der Waals surface area contributed by atoms with Crippen LogP contribution >= 0.6 is 0 Å². The van der Waals surface area contributed by atoms with Crippen LogP contribution in [0.4, 0.5) is 0 Å². The van der Waals surface area contributed by atoms with Crippen LogP contribution < -0.4 is 5.32 Å². The van der Waals surface area contributed by atoms with Crippen LogP contribution in [0.15, 0.2) is 42.9 Å². The maximum Gasteiger partial charge on any atom is 0.300 e. The maximum atomic E-state index is 12.8. The van der Waals surface area contributed by atoms with Gasteiger partial charge in [-0.05, 0) is 54.3 Å². The number of terminal acetylenes is 1. The number of amides is 1. The number of hydrogen-bond donors (Lipinski definition) is 2. The van der Waals surface area contributed by atoms with E-state index >= 15 is 0 Å². The summed E-state index contributed by atoms with van der Waals surface area (Å²) in [6, 6.07) is 7.56. The molecule has 142 valence electrons. The third kappa shape index (κ3) is 3.14. The van der Waals surface area contributed by atoms with Crippen LogP contribution in [0, 0.1) is 12.3 Å². The molecule has 2 N–H and O–H groups in total. The number of hydrogen-bond acceptors (Lipinski definition) is 4. The molecule has 0 radical (unpaired) electrons. The van der Waals surface area contributed by atoms with Gasteiger partial charge in [-0.15, -0.1) is 6.42 Å². The van der Waals surface area contributed by atoms with E-state index in [0.29, 0.717) is 6.42 Å². The molecule has 0 aromatic carbocycles. The normalized spacial score (nSPS) is 18.6. The van der Waals surface area contributed by atoms with Crippen LogP contribution in [-0.4, -0.2) is 38.5 Å². The molecule has 2 atom stereocenters. The summed E-state index contributed by atoms with van der Waals surface area (Å²) in [6.07, 6.45) is 13.4. The third-order valence-electron chi connectivity index (χ3n) is 5.29. The first kappa shape index (κ1) is 18.2. The molecule has 1 aliphatic heterocycles. The monoisotopic (exact) mass is 373 g/mol. The van der Waals surface area contributed by atoms with Crippen LogP contribution in [0.2, 0.25) is 0 Å². The number of rotatable bonds is 5. The lowest BCUT2D eigenvalue weighted by Gasteiger charge is -2.41. The van der Waals surface area contributed by atoms with E-state index in [1.54, 1.807) is 23.5 Å². The lowest BCUT2D eigenvalue weighted by atomic mass is 9.91. The topological polar surface area (TPSA) is 73.9 Å². The first-order valence-electron chi connectivity index (χ1n) is 9.62. The van der Waals surface area contributed by atoms with Crippen LogP contribution in [-0.2, 0) is 11.2 Å². The molecule has 0 unspecified atom stereocenters. The van der Waals surface area contributed by atoms with Crippen molar-refractivity contribution in [2.75, 3.05) is 6.54 Å². The number of fused-ring (bicyclic) bond motifs is 3. The summed E-state index contributed by atoms with van der Waals surface area (Å²) in [5.41, 5.74) is 3.94. The average Bonchev–Trinajstić information content (AvgIpc) is 3.11. The minimum atomic E-state index is -0.326. The minimum Gasteiger partial charge on any atom is -0.341 e. The SMILES string of the molecule is C#CC(=O)N1[C@@H](c2ccncc2)c2[nH]c3ncccc3c2C[C@@H]1NCCCC. The van der Waals surface area contributed by atoms with Crippen molar-refractivity contribution in [2.24, 2.45) is 0 Å². The first-order valence-corrected chi connectivity index (χ1v) is 9.62. The van der Waals surface area contributed by atoms with E-state index in [0.717, 1.165) is 41.7 Å². The quantitative estimate of drug-likeness (QED) is 0.533. The van der Waals surface area contributed by atoms with E-state index in [9.17, 15) is 4.79 Å². The third-order valence-corrected chi connectivity index (χ3v) is 5.29. The van der Waals surface area contributed by atoms with Crippen molar-refractivity contribution in [1.82, 2.24) is 25.2 Å². The highest BCUT2D eigenvalue weighted by Gasteiger charge is 2.39. The smallest absolute Gasteiger partial charge is 0.300 e. The Bertz CT molecular complexity index is 1020. The Kier molecular flexibility index (Phi) is 5.09. The molecule has 28 heavy (non-hydrogen) atoms. The molecule has 6 heteroatoms. The van der Waals surface area contributed by atoms with Crippen LogP contribution in [0.25, 0.3) is 11.0 Å². The van der Waals surface area contributed by atoms with Crippen LogP contribution in [0.5, 0.6) is 0 Å². The fourth-order valence-corrected chi connectivity index (χ4v) is 3.98. The van der Waals surface area contributed by atoms with E-state index in [1.807, 2.05) is 18.2 Å². The van der Waals surface area contributed by atoms with Gasteiger partial charge in [0.1, 0.15) is 11.7 Å². The molecule has 3 aromatic rings. The minimum absolute atomic E-state index is 0.181. The lowest BCUT2D eigenvalue weighted by molar-refractivity contribution is -0.130. The number of nitrogens with zero attached hydrogens (tertiary/aromatic N) is 3. The second-order valence-corrected chi connectivity index (χ2v) is 6.98. The van der Waals surface area contributed by atoms with Gasteiger partial charge in [0.05, 0.1) is 6.17 Å². The molecule has 4 heterocycles. The molecule has 0 saturated carbocycles. The fourth-order valence-electron chi connectivity index (χ4n) is 3.98. The van der Waals surface area contributed by atoms with Gasteiger partial charge in [-0.3, -0.25) is 15.1 Å². The molecule has 0 spiro atoms. The fraction of sp³-hybridized carbons (Fsp3) is 0.318. The van der Waals surface area contributed by atoms with Crippen molar-refractivity contribution in [3.05, 3.63) is 59.7 Å². The first-order chi connectivity index (χ1) is 13.7. The molecular formula is C22H23N5O. The number of carbonyl (C=O) groups is 1. The van der Waals surface area contributed by atoms with Gasteiger partial charge in [-0.2, -0.15) is 0 Å². The van der Waals surface area contributed by atoms with Gasteiger partial charge in [-0.25, -0.2) is 4.98 Å². The van der Waals surface area contributed by atoms with E-state index in [-0.39, 0.29) is 18.1 Å². The van der Waals surface area contributed by atoms with Crippen molar-refractivity contribution in [2.45, 2.75) is 38.4 Å². The highest BCUT2D eigenvalue weighted by Crippen LogP contribution is 2.39. The number of aromatic nitrogens is 3. The predicted octanol–water partition coefficient (Wildman–Crippen LogP) is 2.78. The standard InChI is InChI=1S/C22H23N5O/c1-3-5-10-24-18-14-17-16-7-6-11-25-22(16)26-20(17)21(27(18)19(28)4-2)15-8-12-23-13-9-15/h2,6-9,11-13,18,21,24H,3,5,10,14H2,1H3,(H,25,26)/t18-,21+/m1/s1. The molecule has 1 amide bonds.